The van der Waals surface area contributed by atoms with Gasteiger partial charge in [0.25, 0.3) is 0 Å². The van der Waals surface area contributed by atoms with Gasteiger partial charge in [-0.15, -0.1) is 0 Å². The second-order valence-corrected chi connectivity index (χ2v) is 7.04. The zero-order chi connectivity index (χ0) is 14.6. The van der Waals surface area contributed by atoms with Crippen LogP contribution in [-0.2, 0) is 6.42 Å². The molecule has 0 aliphatic heterocycles. The molecule has 2 aromatic rings. The van der Waals surface area contributed by atoms with Crippen LogP contribution in [0.4, 0.5) is 0 Å². The highest BCUT2D eigenvalue weighted by Gasteiger charge is 2.55. The van der Waals surface area contributed by atoms with Gasteiger partial charge in [0, 0.05) is 16.1 Å². The molecule has 21 heavy (non-hydrogen) atoms. The average molecular weight is 318 g/mol. The highest BCUT2D eigenvalue weighted by atomic mass is 35.5. The van der Waals surface area contributed by atoms with E-state index in [2.05, 4.69) is 24.3 Å². The van der Waals surface area contributed by atoms with Gasteiger partial charge in [-0.1, -0.05) is 47.5 Å². The highest BCUT2D eigenvalue weighted by molar-refractivity contribution is 6.33. The minimum absolute atomic E-state index is 0.0302. The van der Waals surface area contributed by atoms with Crippen molar-refractivity contribution in [2.24, 2.45) is 17.6 Å². The van der Waals surface area contributed by atoms with E-state index in [0.717, 1.165) is 10.6 Å². The monoisotopic (exact) mass is 317 g/mol. The van der Waals surface area contributed by atoms with Crippen molar-refractivity contribution < 1.29 is 0 Å². The molecule has 2 N–H and O–H groups in total. The fourth-order valence-electron chi connectivity index (χ4n) is 4.09. The number of nitrogens with two attached hydrogens (primary N) is 1. The van der Waals surface area contributed by atoms with E-state index in [0.29, 0.717) is 22.8 Å². The van der Waals surface area contributed by atoms with Gasteiger partial charge in [0.15, 0.2) is 0 Å². The summed E-state index contributed by atoms with van der Waals surface area (Å²) in [6.07, 6.45) is 2.40. The smallest absolute Gasteiger partial charge is 0.0454 e. The van der Waals surface area contributed by atoms with Gasteiger partial charge in [0.2, 0.25) is 0 Å². The van der Waals surface area contributed by atoms with Crippen molar-refractivity contribution in [3.8, 4) is 0 Å². The highest BCUT2D eigenvalue weighted by Crippen LogP contribution is 2.64. The Morgan fingerprint density at radius 3 is 2.76 bits per heavy atom. The predicted octanol–water partition coefficient (Wildman–Crippen LogP) is 4.97. The number of fused-ring (bicyclic) bond motifs is 3. The fourth-order valence-corrected chi connectivity index (χ4v) is 4.51. The van der Waals surface area contributed by atoms with Gasteiger partial charge in [0.05, 0.1) is 0 Å². The maximum absolute atomic E-state index is 6.54. The van der Waals surface area contributed by atoms with Crippen LogP contribution in [0, 0.1) is 11.8 Å². The molecule has 1 fully saturated rings. The molecule has 0 saturated heterocycles. The SMILES string of the molecule is NC(c1cc(Cl)ccc1Cl)C1C2CCc3ccccc3C21. The molecule has 1 saturated carbocycles. The van der Waals surface area contributed by atoms with Gasteiger partial charge >= 0.3 is 0 Å². The van der Waals surface area contributed by atoms with E-state index in [9.17, 15) is 0 Å². The van der Waals surface area contributed by atoms with Crippen molar-refractivity contribution in [2.45, 2.75) is 24.8 Å². The summed E-state index contributed by atoms with van der Waals surface area (Å²) >= 11 is 12.4. The number of benzene rings is 2. The second-order valence-electron chi connectivity index (χ2n) is 6.20. The van der Waals surface area contributed by atoms with E-state index in [1.807, 2.05) is 18.2 Å². The molecular formula is C18H17Cl2N. The van der Waals surface area contributed by atoms with Crippen LogP contribution in [-0.4, -0.2) is 0 Å². The molecule has 0 radical (unpaired) electrons. The Morgan fingerprint density at radius 2 is 1.90 bits per heavy atom. The summed E-state index contributed by atoms with van der Waals surface area (Å²) in [6, 6.07) is 14.3. The molecule has 4 rings (SSSR count). The summed E-state index contributed by atoms with van der Waals surface area (Å²) in [7, 11) is 0. The van der Waals surface area contributed by atoms with E-state index in [1.165, 1.54) is 24.0 Å². The third kappa shape index (κ3) is 2.19. The van der Waals surface area contributed by atoms with Crippen LogP contribution < -0.4 is 5.73 Å². The van der Waals surface area contributed by atoms with Gasteiger partial charge in [-0.3, -0.25) is 0 Å². The quantitative estimate of drug-likeness (QED) is 0.831. The first kappa shape index (κ1) is 13.6. The third-order valence-corrected chi connectivity index (χ3v) is 5.70. The molecule has 2 aliphatic rings. The lowest BCUT2D eigenvalue weighted by Gasteiger charge is -2.15. The van der Waals surface area contributed by atoms with Crippen LogP contribution in [0.3, 0.4) is 0 Å². The first-order valence-corrected chi connectivity index (χ1v) is 8.21. The van der Waals surface area contributed by atoms with Gasteiger partial charge in [-0.05, 0) is 65.5 Å². The summed E-state index contributed by atoms with van der Waals surface area (Å²) in [6.45, 7) is 0. The van der Waals surface area contributed by atoms with Gasteiger partial charge in [0.1, 0.15) is 0 Å². The van der Waals surface area contributed by atoms with E-state index in [4.69, 9.17) is 28.9 Å². The number of halogens is 2. The van der Waals surface area contributed by atoms with Crippen molar-refractivity contribution in [1.29, 1.82) is 0 Å². The minimum Gasteiger partial charge on any atom is -0.324 e. The molecule has 0 spiro atoms. The van der Waals surface area contributed by atoms with Crippen molar-refractivity contribution >= 4 is 23.2 Å². The van der Waals surface area contributed by atoms with Crippen molar-refractivity contribution in [3.63, 3.8) is 0 Å². The second kappa shape index (κ2) is 5.01. The summed E-state index contributed by atoms with van der Waals surface area (Å²) in [4.78, 5) is 0. The predicted molar refractivity (Wildman–Crippen MR) is 87.9 cm³/mol. The number of hydrogen-bond donors (Lipinski definition) is 1. The lowest BCUT2D eigenvalue weighted by molar-refractivity contribution is 0.555. The van der Waals surface area contributed by atoms with Crippen molar-refractivity contribution in [1.82, 2.24) is 0 Å². The van der Waals surface area contributed by atoms with Crippen LogP contribution in [0.25, 0.3) is 0 Å². The minimum atomic E-state index is -0.0302. The average Bonchev–Trinajstić information content (AvgIpc) is 3.24. The molecular weight excluding hydrogens is 301 g/mol. The Bertz CT molecular complexity index is 697. The molecule has 0 amide bonds. The molecule has 108 valence electrons. The largest absolute Gasteiger partial charge is 0.324 e. The van der Waals surface area contributed by atoms with Crippen LogP contribution in [0.5, 0.6) is 0 Å². The van der Waals surface area contributed by atoms with Gasteiger partial charge in [-0.2, -0.15) is 0 Å². The van der Waals surface area contributed by atoms with E-state index in [1.54, 1.807) is 0 Å². The first-order valence-electron chi connectivity index (χ1n) is 7.45. The molecule has 2 aliphatic carbocycles. The van der Waals surface area contributed by atoms with Crippen LogP contribution >= 0.6 is 23.2 Å². The fraction of sp³-hybridized carbons (Fsp3) is 0.333. The summed E-state index contributed by atoms with van der Waals surface area (Å²) < 4.78 is 0. The molecule has 0 aromatic heterocycles. The number of hydrogen-bond acceptors (Lipinski definition) is 1. The number of rotatable bonds is 2. The van der Waals surface area contributed by atoms with Crippen LogP contribution in [0.2, 0.25) is 10.0 Å². The Labute approximate surface area is 135 Å². The summed E-state index contributed by atoms with van der Waals surface area (Å²) in [5.41, 5.74) is 10.5. The lowest BCUT2D eigenvalue weighted by atomic mass is 9.92. The first-order chi connectivity index (χ1) is 10.2. The molecule has 0 bridgehead atoms. The van der Waals surface area contributed by atoms with Crippen molar-refractivity contribution in [2.75, 3.05) is 0 Å². The van der Waals surface area contributed by atoms with E-state index < -0.39 is 0 Å². The van der Waals surface area contributed by atoms with Crippen LogP contribution in [0.1, 0.15) is 35.1 Å². The Kier molecular flexibility index (Phi) is 3.25. The normalized spacial score (nSPS) is 27.7. The Balaban J connectivity index is 1.66. The molecule has 4 atom stereocenters. The Hall–Kier alpha value is -1.02. The molecule has 3 heteroatoms. The molecule has 2 aromatic carbocycles. The van der Waals surface area contributed by atoms with Gasteiger partial charge < -0.3 is 5.73 Å². The summed E-state index contributed by atoms with van der Waals surface area (Å²) in [5.74, 6) is 1.79. The third-order valence-electron chi connectivity index (χ3n) is 5.12. The van der Waals surface area contributed by atoms with E-state index >= 15 is 0 Å². The van der Waals surface area contributed by atoms with Crippen molar-refractivity contribution in [3.05, 3.63) is 69.2 Å². The van der Waals surface area contributed by atoms with E-state index in [-0.39, 0.29) is 6.04 Å². The molecule has 4 unspecified atom stereocenters. The van der Waals surface area contributed by atoms with Crippen LogP contribution in [0.15, 0.2) is 42.5 Å². The standard InChI is InChI=1S/C18H17Cl2N/c19-11-6-8-15(20)14(9-11)18(21)17-13-7-5-10-3-1-2-4-12(10)16(13)17/h1-4,6,8-9,13,16-18H,5,7,21H2. The number of aryl methyl sites for hydroxylation is 1. The molecule has 1 nitrogen and oxygen atoms in total. The van der Waals surface area contributed by atoms with Gasteiger partial charge in [-0.25, -0.2) is 0 Å². The Morgan fingerprint density at radius 1 is 1.10 bits per heavy atom. The zero-order valence-electron chi connectivity index (χ0n) is 11.6. The topological polar surface area (TPSA) is 26.0 Å². The summed E-state index contributed by atoms with van der Waals surface area (Å²) in [5, 5.41) is 1.43. The maximum atomic E-state index is 6.54. The maximum Gasteiger partial charge on any atom is 0.0454 e. The molecule has 0 heterocycles. The zero-order valence-corrected chi connectivity index (χ0v) is 13.1. The lowest BCUT2D eigenvalue weighted by Crippen LogP contribution is -2.14.